The molecule has 6 heteroatoms. The molecule has 0 aromatic heterocycles. The third kappa shape index (κ3) is 6.88. The summed E-state index contributed by atoms with van der Waals surface area (Å²) in [6.07, 6.45) is -1.02. The predicted octanol–water partition coefficient (Wildman–Crippen LogP) is 2.17. The molecule has 2 N–H and O–H groups in total. The zero-order valence-corrected chi connectivity index (χ0v) is 13.0. The predicted molar refractivity (Wildman–Crippen MR) is 80.6 cm³/mol. The molecule has 6 nitrogen and oxygen atoms in total. The van der Waals surface area contributed by atoms with E-state index < -0.39 is 23.7 Å². The number of carbonyl (C=O) groups excluding carboxylic acids is 2. The summed E-state index contributed by atoms with van der Waals surface area (Å²) in [7, 11) is 0. The number of carboxylic acids is 1. The Kier molecular flexibility index (Phi) is 6.10. The van der Waals surface area contributed by atoms with Gasteiger partial charge in [-0.2, -0.15) is 0 Å². The number of amides is 1. The summed E-state index contributed by atoms with van der Waals surface area (Å²) >= 11 is 0. The van der Waals surface area contributed by atoms with Crippen LogP contribution in [0.5, 0.6) is 0 Å². The molecule has 0 aliphatic rings. The molecular formula is C16H21NO5. The van der Waals surface area contributed by atoms with Crippen LogP contribution in [0.1, 0.15) is 32.8 Å². The summed E-state index contributed by atoms with van der Waals surface area (Å²) in [5, 5.41) is 11.3. The van der Waals surface area contributed by atoms with Gasteiger partial charge in [0.2, 0.25) is 0 Å². The van der Waals surface area contributed by atoms with Crippen LogP contribution in [0.2, 0.25) is 0 Å². The molecule has 0 fully saturated rings. The van der Waals surface area contributed by atoms with Gasteiger partial charge in [0, 0.05) is 12.8 Å². The van der Waals surface area contributed by atoms with Crippen molar-refractivity contribution in [2.75, 3.05) is 0 Å². The van der Waals surface area contributed by atoms with E-state index in [0.717, 1.165) is 5.56 Å². The van der Waals surface area contributed by atoms with Crippen LogP contribution in [0.4, 0.5) is 4.79 Å². The molecule has 0 heterocycles. The third-order valence-electron chi connectivity index (χ3n) is 2.66. The minimum atomic E-state index is -1.30. The number of hydrogen-bond donors (Lipinski definition) is 2. The molecule has 0 radical (unpaired) electrons. The van der Waals surface area contributed by atoms with Gasteiger partial charge < -0.3 is 15.2 Å². The molecule has 1 atom stereocenters. The first-order chi connectivity index (χ1) is 10.2. The highest BCUT2D eigenvalue weighted by Crippen LogP contribution is 2.08. The Labute approximate surface area is 129 Å². The van der Waals surface area contributed by atoms with Gasteiger partial charge in [0.05, 0.1) is 0 Å². The number of ether oxygens (including phenoxy) is 1. The van der Waals surface area contributed by atoms with Crippen molar-refractivity contribution in [2.45, 2.75) is 45.3 Å². The van der Waals surface area contributed by atoms with Gasteiger partial charge in [0.1, 0.15) is 17.4 Å². The van der Waals surface area contributed by atoms with Gasteiger partial charge in [-0.3, -0.25) is 4.79 Å². The Morgan fingerprint density at radius 1 is 1.18 bits per heavy atom. The van der Waals surface area contributed by atoms with Crippen LogP contribution < -0.4 is 5.32 Å². The number of ketones is 1. The highest BCUT2D eigenvalue weighted by atomic mass is 16.6. The van der Waals surface area contributed by atoms with Gasteiger partial charge in [0.15, 0.2) is 0 Å². The summed E-state index contributed by atoms with van der Waals surface area (Å²) in [4.78, 5) is 34.7. The van der Waals surface area contributed by atoms with Crippen LogP contribution in [0.25, 0.3) is 0 Å². The Morgan fingerprint density at radius 3 is 2.27 bits per heavy atom. The normalized spacial score (nSPS) is 12.3. The van der Waals surface area contributed by atoms with Crippen LogP contribution in [0.15, 0.2) is 30.3 Å². The van der Waals surface area contributed by atoms with E-state index in [-0.39, 0.29) is 18.6 Å². The van der Waals surface area contributed by atoms with Crippen molar-refractivity contribution in [1.29, 1.82) is 0 Å². The summed E-state index contributed by atoms with van der Waals surface area (Å²) in [5.74, 6) is -1.54. The molecule has 1 unspecified atom stereocenters. The van der Waals surface area contributed by atoms with Gasteiger partial charge in [-0.15, -0.1) is 0 Å². The van der Waals surface area contributed by atoms with Crippen LogP contribution in [-0.2, 0) is 20.7 Å². The zero-order chi connectivity index (χ0) is 16.8. The van der Waals surface area contributed by atoms with Crippen molar-refractivity contribution < 1.29 is 24.2 Å². The van der Waals surface area contributed by atoms with Crippen molar-refractivity contribution in [1.82, 2.24) is 5.32 Å². The average Bonchev–Trinajstić information content (AvgIpc) is 2.36. The number of nitrogens with one attached hydrogen (secondary N) is 1. The third-order valence-corrected chi connectivity index (χ3v) is 2.66. The molecule has 1 amide bonds. The second-order valence-corrected chi connectivity index (χ2v) is 5.94. The van der Waals surface area contributed by atoms with E-state index in [1.54, 1.807) is 45.0 Å². The summed E-state index contributed by atoms with van der Waals surface area (Å²) < 4.78 is 4.99. The van der Waals surface area contributed by atoms with Crippen molar-refractivity contribution in [3.05, 3.63) is 35.9 Å². The summed E-state index contributed by atoms with van der Waals surface area (Å²) in [6.45, 7) is 5.01. The molecule has 22 heavy (non-hydrogen) atoms. The number of aliphatic carboxylic acids is 1. The molecular weight excluding hydrogens is 286 g/mol. The van der Waals surface area contributed by atoms with Gasteiger partial charge in [0.25, 0.3) is 0 Å². The van der Waals surface area contributed by atoms with Gasteiger partial charge >= 0.3 is 12.1 Å². The fourth-order valence-corrected chi connectivity index (χ4v) is 1.77. The molecule has 0 saturated carbocycles. The van der Waals surface area contributed by atoms with Crippen LogP contribution in [0, 0.1) is 0 Å². The number of carboxylic acid groups (broad SMARTS) is 1. The van der Waals surface area contributed by atoms with E-state index in [2.05, 4.69) is 5.32 Å². The molecule has 1 aromatic rings. The number of hydrogen-bond acceptors (Lipinski definition) is 4. The highest BCUT2D eigenvalue weighted by Gasteiger charge is 2.26. The van der Waals surface area contributed by atoms with E-state index in [1.165, 1.54) is 0 Å². The first-order valence-corrected chi connectivity index (χ1v) is 6.95. The fourth-order valence-electron chi connectivity index (χ4n) is 1.77. The molecule has 1 aromatic carbocycles. The smallest absolute Gasteiger partial charge is 0.408 e. The fraction of sp³-hybridized carbons (Fsp3) is 0.438. The van der Waals surface area contributed by atoms with E-state index in [1.807, 2.05) is 6.07 Å². The lowest BCUT2D eigenvalue weighted by atomic mass is 10.0. The van der Waals surface area contributed by atoms with Crippen LogP contribution in [-0.4, -0.2) is 34.6 Å². The lowest BCUT2D eigenvalue weighted by molar-refractivity contribution is -0.141. The lowest BCUT2D eigenvalue weighted by Gasteiger charge is -2.21. The number of rotatable bonds is 6. The van der Waals surface area contributed by atoms with E-state index in [9.17, 15) is 14.4 Å². The lowest BCUT2D eigenvalue weighted by Crippen LogP contribution is -2.44. The number of carbonyl (C=O) groups is 3. The topological polar surface area (TPSA) is 92.7 Å². The Balaban J connectivity index is 2.59. The Hall–Kier alpha value is -2.37. The quantitative estimate of drug-likeness (QED) is 0.840. The minimum absolute atomic E-state index is 0.126. The first-order valence-electron chi connectivity index (χ1n) is 6.95. The zero-order valence-electron chi connectivity index (χ0n) is 13.0. The Morgan fingerprint density at radius 2 is 1.77 bits per heavy atom. The van der Waals surface area contributed by atoms with E-state index >= 15 is 0 Å². The number of alkyl carbamates (subject to hydrolysis) is 1. The molecule has 0 bridgehead atoms. The molecule has 0 aliphatic carbocycles. The largest absolute Gasteiger partial charge is 0.480 e. The van der Waals surface area contributed by atoms with Gasteiger partial charge in [-0.05, 0) is 26.3 Å². The second-order valence-electron chi connectivity index (χ2n) is 5.94. The maximum atomic E-state index is 11.9. The second kappa shape index (κ2) is 7.59. The Bertz CT molecular complexity index is 533. The van der Waals surface area contributed by atoms with E-state index in [0.29, 0.717) is 0 Å². The summed E-state index contributed by atoms with van der Waals surface area (Å²) in [6, 6.07) is 7.71. The SMILES string of the molecule is CC(C)(C)OC(=O)NC(CC(=O)Cc1ccccc1)C(=O)O. The molecule has 120 valence electrons. The average molecular weight is 307 g/mol. The number of Topliss-reactive ketones (excluding diaryl/α,β-unsaturated/α-hetero) is 1. The molecule has 0 saturated heterocycles. The molecule has 0 spiro atoms. The van der Waals surface area contributed by atoms with Crippen molar-refractivity contribution in [3.8, 4) is 0 Å². The van der Waals surface area contributed by atoms with Gasteiger partial charge in [-0.1, -0.05) is 30.3 Å². The maximum absolute atomic E-state index is 11.9. The number of benzene rings is 1. The van der Waals surface area contributed by atoms with Crippen LogP contribution >= 0.6 is 0 Å². The summed E-state index contributed by atoms with van der Waals surface area (Å²) in [5.41, 5.74) is 0.0650. The van der Waals surface area contributed by atoms with Crippen molar-refractivity contribution in [3.63, 3.8) is 0 Å². The minimum Gasteiger partial charge on any atom is -0.480 e. The molecule has 1 rings (SSSR count). The highest BCUT2D eigenvalue weighted by molar-refractivity contribution is 5.89. The van der Waals surface area contributed by atoms with Crippen molar-refractivity contribution >= 4 is 17.8 Å². The first kappa shape index (κ1) is 17.7. The monoisotopic (exact) mass is 307 g/mol. The standard InChI is InChI=1S/C16H21NO5/c1-16(2,3)22-15(21)17-13(14(19)20)10-12(18)9-11-7-5-4-6-8-11/h4-8,13H,9-10H2,1-3H3,(H,17,21)(H,19,20). The van der Waals surface area contributed by atoms with E-state index in [4.69, 9.17) is 9.84 Å². The molecule has 0 aliphatic heterocycles. The maximum Gasteiger partial charge on any atom is 0.408 e. The van der Waals surface area contributed by atoms with Gasteiger partial charge in [-0.25, -0.2) is 9.59 Å². The van der Waals surface area contributed by atoms with Crippen molar-refractivity contribution in [2.24, 2.45) is 0 Å². The van der Waals surface area contributed by atoms with Crippen LogP contribution in [0.3, 0.4) is 0 Å².